The van der Waals surface area contributed by atoms with Crippen LogP contribution in [0.4, 0.5) is 4.39 Å². The number of benzene rings is 2. The number of pyridine rings is 1. The molecular formula is C27H28FN3O3. The molecule has 6 nitrogen and oxygen atoms in total. The van der Waals surface area contributed by atoms with E-state index < -0.39 is 5.82 Å². The molecule has 0 saturated carbocycles. The number of amides is 1. The minimum atomic E-state index is -0.498. The summed E-state index contributed by atoms with van der Waals surface area (Å²) in [5.74, 6) is 0.853. The minimum Gasteiger partial charge on any atom is -0.497 e. The maximum atomic E-state index is 14.4. The van der Waals surface area contributed by atoms with Crippen molar-refractivity contribution >= 4 is 12.0 Å². The minimum absolute atomic E-state index is 0.0672. The van der Waals surface area contributed by atoms with Crippen LogP contribution in [-0.4, -0.2) is 54.0 Å². The van der Waals surface area contributed by atoms with E-state index in [-0.39, 0.29) is 11.7 Å². The fourth-order valence-corrected chi connectivity index (χ4v) is 3.85. The Morgan fingerprint density at radius 2 is 1.91 bits per heavy atom. The van der Waals surface area contributed by atoms with Crippen LogP contribution in [0.2, 0.25) is 0 Å². The molecule has 1 aromatic heterocycles. The number of carbonyl (C=O) groups is 1. The molecule has 0 aliphatic carbocycles. The third-order valence-electron chi connectivity index (χ3n) is 5.70. The molecule has 4 rings (SSSR count). The van der Waals surface area contributed by atoms with Crippen LogP contribution in [0.25, 0.3) is 6.08 Å². The molecular weight excluding hydrogens is 433 g/mol. The maximum absolute atomic E-state index is 14.4. The Labute approximate surface area is 199 Å². The highest BCUT2D eigenvalue weighted by atomic mass is 19.1. The van der Waals surface area contributed by atoms with Gasteiger partial charge in [0.25, 0.3) is 0 Å². The molecule has 1 amide bonds. The van der Waals surface area contributed by atoms with Gasteiger partial charge in [0, 0.05) is 45.0 Å². The number of aromatic nitrogens is 1. The third-order valence-corrected chi connectivity index (χ3v) is 5.70. The fraction of sp³-hybridized carbons (Fsp3) is 0.259. The average molecular weight is 462 g/mol. The molecule has 0 spiro atoms. The molecule has 1 aliphatic rings. The smallest absolute Gasteiger partial charge is 0.246 e. The lowest BCUT2D eigenvalue weighted by Gasteiger charge is -2.21. The van der Waals surface area contributed by atoms with Gasteiger partial charge in [-0.25, -0.2) is 4.39 Å². The van der Waals surface area contributed by atoms with Gasteiger partial charge in [-0.3, -0.25) is 14.7 Å². The van der Waals surface area contributed by atoms with Crippen molar-refractivity contribution in [2.75, 3.05) is 33.3 Å². The molecule has 1 saturated heterocycles. The molecule has 0 N–H and O–H groups in total. The van der Waals surface area contributed by atoms with E-state index in [2.05, 4.69) is 22.0 Å². The molecule has 34 heavy (non-hydrogen) atoms. The van der Waals surface area contributed by atoms with Gasteiger partial charge in [0.1, 0.15) is 11.5 Å². The highest BCUT2D eigenvalue weighted by Crippen LogP contribution is 2.25. The van der Waals surface area contributed by atoms with Crippen molar-refractivity contribution in [2.24, 2.45) is 0 Å². The number of methoxy groups -OCH3 is 1. The largest absolute Gasteiger partial charge is 0.497 e. The molecule has 0 atom stereocenters. The van der Waals surface area contributed by atoms with Crippen LogP contribution in [0.1, 0.15) is 17.5 Å². The Morgan fingerprint density at radius 1 is 1.06 bits per heavy atom. The van der Waals surface area contributed by atoms with Crippen molar-refractivity contribution < 1.29 is 18.7 Å². The lowest BCUT2D eigenvalue weighted by atomic mass is 10.2. The molecule has 0 unspecified atom stereocenters. The van der Waals surface area contributed by atoms with Gasteiger partial charge in [-0.1, -0.05) is 18.2 Å². The second kappa shape index (κ2) is 11.4. The van der Waals surface area contributed by atoms with Gasteiger partial charge in [0.2, 0.25) is 5.91 Å². The number of halogens is 1. The summed E-state index contributed by atoms with van der Waals surface area (Å²) in [5.41, 5.74) is 1.82. The first-order valence-corrected chi connectivity index (χ1v) is 11.3. The topological polar surface area (TPSA) is 54.9 Å². The van der Waals surface area contributed by atoms with Crippen molar-refractivity contribution in [1.29, 1.82) is 0 Å². The molecule has 2 heterocycles. The van der Waals surface area contributed by atoms with Crippen LogP contribution in [-0.2, 0) is 11.3 Å². The second-order valence-corrected chi connectivity index (χ2v) is 8.12. The van der Waals surface area contributed by atoms with E-state index >= 15 is 0 Å². The number of carbonyl (C=O) groups excluding carboxylic acids is 1. The highest BCUT2D eigenvalue weighted by molar-refractivity contribution is 5.91. The summed E-state index contributed by atoms with van der Waals surface area (Å²) in [6.07, 6.45) is 7.20. The Kier molecular flexibility index (Phi) is 7.88. The van der Waals surface area contributed by atoms with Crippen LogP contribution >= 0.6 is 0 Å². The zero-order valence-corrected chi connectivity index (χ0v) is 19.2. The lowest BCUT2D eigenvalue weighted by molar-refractivity contribution is -0.125. The Balaban J connectivity index is 1.30. The second-order valence-electron chi connectivity index (χ2n) is 8.12. The third kappa shape index (κ3) is 6.42. The standard InChI is InChI=1S/C27H28FN3O3/c1-33-23-9-5-22(6-10-23)20-30-14-3-15-31(17-16-30)27(32)12-8-21-7-11-26(25(28)18-21)34-24-4-2-13-29-19-24/h2,4-13,18-19H,3,14-17,20H2,1H3/b12-8+. The first-order chi connectivity index (χ1) is 16.6. The quantitative estimate of drug-likeness (QED) is 0.475. The van der Waals surface area contributed by atoms with Crippen molar-refractivity contribution in [3.05, 3.63) is 90.0 Å². The fourth-order valence-electron chi connectivity index (χ4n) is 3.85. The van der Waals surface area contributed by atoms with Gasteiger partial charge in [0.05, 0.1) is 13.3 Å². The number of hydrogen-bond acceptors (Lipinski definition) is 5. The molecule has 1 aliphatic heterocycles. The van der Waals surface area contributed by atoms with Crippen LogP contribution in [0, 0.1) is 5.82 Å². The summed E-state index contributed by atoms with van der Waals surface area (Å²) in [7, 11) is 1.66. The van der Waals surface area contributed by atoms with Crippen LogP contribution < -0.4 is 9.47 Å². The van der Waals surface area contributed by atoms with Gasteiger partial charge in [0.15, 0.2) is 11.6 Å². The number of hydrogen-bond donors (Lipinski definition) is 0. The summed E-state index contributed by atoms with van der Waals surface area (Å²) in [4.78, 5) is 20.9. The zero-order valence-electron chi connectivity index (χ0n) is 19.2. The molecule has 0 bridgehead atoms. The number of rotatable bonds is 7. The molecule has 176 valence electrons. The van der Waals surface area contributed by atoms with Gasteiger partial charge >= 0.3 is 0 Å². The Morgan fingerprint density at radius 3 is 2.65 bits per heavy atom. The molecule has 0 radical (unpaired) electrons. The van der Waals surface area contributed by atoms with Crippen molar-refractivity contribution in [3.8, 4) is 17.2 Å². The molecule has 1 fully saturated rings. The van der Waals surface area contributed by atoms with Gasteiger partial charge < -0.3 is 14.4 Å². The van der Waals surface area contributed by atoms with Crippen LogP contribution in [0.15, 0.2) is 73.1 Å². The van der Waals surface area contributed by atoms with E-state index in [0.717, 1.165) is 31.8 Å². The van der Waals surface area contributed by atoms with Gasteiger partial charge in [-0.2, -0.15) is 0 Å². The van der Waals surface area contributed by atoms with Crippen molar-refractivity contribution in [3.63, 3.8) is 0 Å². The Hall–Kier alpha value is -3.71. The van der Waals surface area contributed by atoms with E-state index in [0.29, 0.717) is 24.4 Å². The van der Waals surface area contributed by atoms with Gasteiger partial charge in [-0.05, 0) is 60.0 Å². The van der Waals surface area contributed by atoms with Gasteiger partial charge in [-0.15, -0.1) is 0 Å². The first-order valence-electron chi connectivity index (χ1n) is 11.3. The van der Waals surface area contributed by atoms with Crippen molar-refractivity contribution in [1.82, 2.24) is 14.8 Å². The summed E-state index contributed by atoms with van der Waals surface area (Å²) >= 11 is 0. The SMILES string of the molecule is COc1ccc(CN2CCCN(C(=O)/C=C/c3ccc(Oc4cccnc4)c(F)c3)CC2)cc1. The summed E-state index contributed by atoms with van der Waals surface area (Å²) < 4.78 is 25.2. The summed E-state index contributed by atoms with van der Waals surface area (Å²) in [6.45, 7) is 3.94. The number of ether oxygens (including phenoxy) is 2. The summed E-state index contributed by atoms with van der Waals surface area (Å²) in [6, 6.07) is 16.1. The highest BCUT2D eigenvalue weighted by Gasteiger charge is 2.18. The van der Waals surface area contributed by atoms with E-state index in [4.69, 9.17) is 9.47 Å². The summed E-state index contributed by atoms with van der Waals surface area (Å²) in [5, 5.41) is 0. The van der Waals surface area contributed by atoms with E-state index in [1.165, 1.54) is 23.9 Å². The molecule has 3 aromatic rings. The average Bonchev–Trinajstić information content (AvgIpc) is 3.11. The monoisotopic (exact) mass is 461 g/mol. The normalized spacial score (nSPS) is 14.7. The van der Waals surface area contributed by atoms with E-state index in [9.17, 15) is 9.18 Å². The first kappa shape index (κ1) is 23.4. The maximum Gasteiger partial charge on any atom is 0.246 e. The molecule has 2 aromatic carbocycles. The van der Waals surface area contributed by atoms with E-state index in [1.807, 2.05) is 17.0 Å². The van der Waals surface area contributed by atoms with Crippen LogP contribution in [0.3, 0.4) is 0 Å². The lowest BCUT2D eigenvalue weighted by Crippen LogP contribution is -2.34. The van der Waals surface area contributed by atoms with E-state index in [1.54, 1.807) is 43.6 Å². The predicted octanol–water partition coefficient (Wildman–Crippen LogP) is 4.77. The Bertz CT molecular complexity index is 1120. The van der Waals surface area contributed by atoms with Crippen molar-refractivity contribution in [2.45, 2.75) is 13.0 Å². The predicted molar refractivity (Wildman–Crippen MR) is 129 cm³/mol. The zero-order chi connectivity index (χ0) is 23.8. The van der Waals surface area contributed by atoms with Crippen LogP contribution in [0.5, 0.6) is 17.2 Å². The number of nitrogens with zero attached hydrogens (tertiary/aromatic N) is 3. The molecule has 7 heteroatoms.